The number of hydrogen-bond acceptors (Lipinski definition) is 3. The van der Waals surface area contributed by atoms with E-state index in [0.29, 0.717) is 6.42 Å². The number of hydrogen-bond donors (Lipinski definition) is 1. The second-order valence-electron chi connectivity index (χ2n) is 2.42. The minimum atomic E-state index is -2.04. The van der Waals surface area contributed by atoms with E-state index < -0.39 is 8.56 Å². The van der Waals surface area contributed by atoms with Gasteiger partial charge in [0.15, 0.2) is 0 Å². The summed E-state index contributed by atoms with van der Waals surface area (Å²) in [6.45, 7) is 2.11. The molecule has 0 spiro atoms. The van der Waals surface area contributed by atoms with Gasteiger partial charge >= 0.3 is 8.56 Å². The lowest BCUT2D eigenvalue weighted by molar-refractivity contribution is 0.228. The van der Waals surface area contributed by atoms with Gasteiger partial charge < -0.3 is 14.0 Å². The Balaban J connectivity index is 3.68. The Hall–Kier alpha value is 0.387. The van der Waals surface area contributed by atoms with Crippen molar-refractivity contribution in [2.24, 2.45) is 0 Å². The maximum atomic E-state index is 8.57. The molecule has 0 saturated carbocycles. The van der Waals surface area contributed by atoms with E-state index in [0.717, 1.165) is 6.04 Å². The van der Waals surface area contributed by atoms with Crippen molar-refractivity contribution in [3.63, 3.8) is 0 Å². The van der Waals surface area contributed by atoms with Gasteiger partial charge in [0.2, 0.25) is 0 Å². The van der Waals surface area contributed by atoms with E-state index in [9.17, 15) is 0 Å². The van der Waals surface area contributed by atoms with Crippen LogP contribution < -0.4 is 0 Å². The minimum absolute atomic E-state index is 0.169. The van der Waals surface area contributed by atoms with Gasteiger partial charge in [-0.05, 0) is 19.0 Å². The molecule has 0 bridgehead atoms. The third-order valence-corrected chi connectivity index (χ3v) is 4.75. The molecule has 1 atom stereocenters. The fourth-order valence-corrected chi connectivity index (χ4v) is 2.94. The van der Waals surface area contributed by atoms with Crippen molar-refractivity contribution in [2.45, 2.75) is 19.0 Å². The van der Waals surface area contributed by atoms with Crippen molar-refractivity contribution in [3.8, 4) is 0 Å². The summed E-state index contributed by atoms with van der Waals surface area (Å²) in [5.41, 5.74) is 0. The first-order chi connectivity index (χ1) is 5.18. The molecule has 0 aromatic rings. The molecular formula is C6H15ClO3Si. The fourth-order valence-electron chi connectivity index (χ4n) is 0.749. The van der Waals surface area contributed by atoms with Crippen molar-refractivity contribution in [3.05, 3.63) is 0 Å². The largest absolute Gasteiger partial charge is 0.398 e. The van der Waals surface area contributed by atoms with E-state index in [1.54, 1.807) is 7.11 Å². The molecule has 0 fully saturated rings. The van der Waals surface area contributed by atoms with Crippen LogP contribution in [0.5, 0.6) is 0 Å². The summed E-state index contributed by atoms with van der Waals surface area (Å²) in [4.78, 5) is 0. The van der Waals surface area contributed by atoms with Crippen molar-refractivity contribution < 1.29 is 14.0 Å². The third kappa shape index (κ3) is 4.76. The number of halogens is 1. The molecule has 0 aromatic carbocycles. The normalized spacial score (nSPS) is 16.4. The molecule has 3 nitrogen and oxygen atoms in total. The molecule has 0 aliphatic heterocycles. The summed E-state index contributed by atoms with van der Waals surface area (Å²) in [5, 5.41) is 8.57. The summed E-state index contributed by atoms with van der Waals surface area (Å²) in [6.07, 6.45) is 0.716. The average Bonchev–Trinajstić information content (AvgIpc) is 2.02. The van der Waals surface area contributed by atoms with Crippen molar-refractivity contribution in [2.75, 3.05) is 19.8 Å². The number of aliphatic hydroxyl groups excluding tert-OH is 1. The molecule has 1 unspecified atom stereocenters. The van der Waals surface area contributed by atoms with E-state index in [1.807, 2.05) is 6.55 Å². The third-order valence-electron chi connectivity index (χ3n) is 1.58. The topological polar surface area (TPSA) is 38.7 Å². The SMILES string of the molecule is CO[Si](C)(CCCO)OCCl. The highest BCUT2D eigenvalue weighted by Crippen LogP contribution is 2.14. The molecule has 0 aliphatic rings. The maximum absolute atomic E-state index is 8.57. The predicted molar refractivity (Wildman–Crippen MR) is 46.9 cm³/mol. The van der Waals surface area contributed by atoms with E-state index in [1.165, 1.54) is 0 Å². The Labute approximate surface area is 73.5 Å². The number of rotatable bonds is 6. The second-order valence-corrected chi connectivity index (χ2v) is 6.10. The van der Waals surface area contributed by atoms with Gasteiger partial charge in [-0.2, -0.15) is 0 Å². The van der Waals surface area contributed by atoms with Gasteiger partial charge in [-0.1, -0.05) is 11.6 Å². The lowest BCUT2D eigenvalue weighted by Crippen LogP contribution is -2.37. The zero-order chi connectivity index (χ0) is 8.74. The molecule has 0 amide bonds. The van der Waals surface area contributed by atoms with E-state index in [-0.39, 0.29) is 12.7 Å². The highest BCUT2D eigenvalue weighted by molar-refractivity contribution is 6.66. The minimum Gasteiger partial charge on any atom is -0.398 e. The van der Waals surface area contributed by atoms with Crippen molar-refractivity contribution >= 4 is 20.2 Å². The lowest BCUT2D eigenvalue weighted by Gasteiger charge is -2.23. The zero-order valence-electron chi connectivity index (χ0n) is 6.97. The van der Waals surface area contributed by atoms with E-state index >= 15 is 0 Å². The Kier molecular flexibility index (Phi) is 6.17. The number of aliphatic hydroxyl groups is 1. The van der Waals surface area contributed by atoms with Gasteiger partial charge in [-0.15, -0.1) is 0 Å². The summed E-state index contributed by atoms with van der Waals surface area (Å²) in [5.74, 6) is 0. The van der Waals surface area contributed by atoms with Crippen LogP contribution in [0.2, 0.25) is 12.6 Å². The molecule has 0 aliphatic carbocycles. The smallest absolute Gasteiger partial charge is 0.335 e. The van der Waals surface area contributed by atoms with E-state index in [2.05, 4.69) is 0 Å². The van der Waals surface area contributed by atoms with Crippen LogP contribution in [-0.4, -0.2) is 33.5 Å². The Morgan fingerprint density at radius 1 is 1.55 bits per heavy atom. The van der Waals surface area contributed by atoms with Crippen LogP contribution in [0, 0.1) is 0 Å². The van der Waals surface area contributed by atoms with Crippen LogP contribution in [0.3, 0.4) is 0 Å². The van der Waals surface area contributed by atoms with Crippen LogP contribution in [0.15, 0.2) is 0 Å². The van der Waals surface area contributed by atoms with Gasteiger partial charge in [0.1, 0.15) is 6.07 Å². The number of alkyl halides is 1. The van der Waals surface area contributed by atoms with Gasteiger partial charge in [-0.25, -0.2) is 0 Å². The van der Waals surface area contributed by atoms with Crippen LogP contribution in [-0.2, 0) is 8.85 Å². The summed E-state index contributed by atoms with van der Waals surface area (Å²) < 4.78 is 10.5. The van der Waals surface area contributed by atoms with Crippen LogP contribution in [0.4, 0.5) is 0 Å². The Morgan fingerprint density at radius 2 is 2.18 bits per heavy atom. The molecule has 0 saturated heterocycles. The average molecular weight is 199 g/mol. The quantitative estimate of drug-likeness (QED) is 0.517. The zero-order valence-corrected chi connectivity index (χ0v) is 8.73. The van der Waals surface area contributed by atoms with Crippen LogP contribution in [0.25, 0.3) is 0 Å². The first-order valence-corrected chi connectivity index (χ1v) is 6.60. The molecule has 1 N–H and O–H groups in total. The lowest BCUT2D eigenvalue weighted by atomic mass is 10.5. The Morgan fingerprint density at radius 3 is 2.55 bits per heavy atom. The first-order valence-electron chi connectivity index (χ1n) is 3.54. The van der Waals surface area contributed by atoms with Crippen LogP contribution in [0.1, 0.15) is 6.42 Å². The van der Waals surface area contributed by atoms with Gasteiger partial charge in [0, 0.05) is 13.7 Å². The van der Waals surface area contributed by atoms with Gasteiger partial charge in [-0.3, -0.25) is 0 Å². The van der Waals surface area contributed by atoms with Gasteiger partial charge in [0.05, 0.1) is 0 Å². The molecule has 0 radical (unpaired) electrons. The molecule has 0 heterocycles. The molecule has 0 rings (SSSR count). The highest BCUT2D eigenvalue weighted by atomic mass is 35.5. The fraction of sp³-hybridized carbons (Fsp3) is 1.00. The molecule has 5 heteroatoms. The monoisotopic (exact) mass is 198 g/mol. The Bertz CT molecular complexity index is 104. The summed E-state index contributed by atoms with van der Waals surface area (Å²) in [7, 11) is -0.415. The van der Waals surface area contributed by atoms with E-state index in [4.69, 9.17) is 25.6 Å². The van der Waals surface area contributed by atoms with Crippen molar-refractivity contribution in [1.29, 1.82) is 0 Å². The highest BCUT2D eigenvalue weighted by Gasteiger charge is 2.28. The molecule has 11 heavy (non-hydrogen) atoms. The molecule has 0 aromatic heterocycles. The van der Waals surface area contributed by atoms with Crippen molar-refractivity contribution in [1.82, 2.24) is 0 Å². The second kappa shape index (κ2) is 5.96. The maximum Gasteiger partial charge on any atom is 0.335 e. The first kappa shape index (κ1) is 11.4. The predicted octanol–water partition coefficient (Wildman–Crippen LogP) is 1.30. The summed E-state index contributed by atoms with van der Waals surface area (Å²) >= 11 is 5.41. The molecular weight excluding hydrogens is 184 g/mol. The van der Waals surface area contributed by atoms with Crippen LogP contribution >= 0.6 is 11.6 Å². The standard InChI is InChI=1S/C6H15ClO3Si/c1-9-11(2,10-6-7)5-3-4-8/h8H,3-6H2,1-2H3. The van der Waals surface area contributed by atoms with Gasteiger partial charge in [0.25, 0.3) is 0 Å². The summed E-state index contributed by atoms with van der Waals surface area (Å²) in [6, 6.07) is 0.953. The molecule has 68 valence electrons.